The van der Waals surface area contributed by atoms with Crippen LogP contribution in [-0.4, -0.2) is 55.2 Å². The van der Waals surface area contributed by atoms with Crippen molar-refractivity contribution in [1.82, 2.24) is 9.80 Å². The van der Waals surface area contributed by atoms with Gasteiger partial charge in [0.1, 0.15) is 0 Å². The third kappa shape index (κ3) is 4.42. The van der Waals surface area contributed by atoms with E-state index in [1.807, 2.05) is 11.4 Å². The minimum atomic E-state index is -0.249. The number of likely N-dealkylation sites (N-methyl/N-ethyl adjacent to an activating group) is 2. The molecule has 0 fully saturated rings. The van der Waals surface area contributed by atoms with Crippen LogP contribution in [0.1, 0.15) is 20.0 Å². The van der Waals surface area contributed by atoms with Crippen LogP contribution >= 0.6 is 11.3 Å². The molecule has 0 aliphatic carbocycles. The van der Waals surface area contributed by atoms with Crippen molar-refractivity contribution in [1.29, 1.82) is 0 Å². The quantitative estimate of drug-likeness (QED) is 0.903. The molecule has 1 aromatic carbocycles. The van der Waals surface area contributed by atoms with Gasteiger partial charge in [0.05, 0.1) is 11.4 Å². The van der Waals surface area contributed by atoms with Gasteiger partial charge in [-0.2, -0.15) is 0 Å². The highest BCUT2D eigenvalue weighted by Crippen LogP contribution is 2.15. The summed E-state index contributed by atoms with van der Waals surface area (Å²) in [6, 6.07) is 10.1. The van der Waals surface area contributed by atoms with E-state index in [0.29, 0.717) is 16.1 Å². The molecule has 0 aliphatic heterocycles. The molecule has 7 heteroatoms. The molecule has 0 atom stereocenters. The van der Waals surface area contributed by atoms with Gasteiger partial charge in [-0.15, -0.1) is 11.3 Å². The van der Waals surface area contributed by atoms with E-state index in [2.05, 4.69) is 5.32 Å². The summed E-state index contributed by atoms with van der Waals surface area (Å²) in [7, 11) is 4.87. The van der Waals surface area contributed by atoms with E-state index in [1.165, 1.54) is 21.1 Å². The number of nitrogens with one attached hydrogen (secondary N) is 1. The first kappa shape index (κ1) is 17.7. The molecule has 24 heavy (non-hydrogen) atoms. The van der Waals surface area contributed by atoms with Crippen LogP contribution in [-0.2, 0) is 4.79 Å². The van der Waals surface area contributed by atoms with Gasteiger partial charge in [-0.25, -0.2) is 0 Å². The summed E-state index contributed by atoms with van der Waals surface area (Å²) >= 11 is 1.36. The second-order valence-corrected chi connectivity index (χ2v) is 6.41. The van der Waals surface area contributed by atoms with E-state index < -0.39 is 0 Å². The monoisotopic (exact) mass is 345 g/mol. The molecule has 0 bridgehead atoms. The SMILES string of the molecule is CN(C)C(=O)CN(C)C(=O)c1ccc(NC(=O)c2cccs2)cc1. The molecule has 0 saturated carbocycles. The Morgan fingerprint density at radius 1 is 1.04 bits per heavy atom. The molecule has 1 aromatic heterocycles. The first-order chi connectivity index (χ1) is 11.4. The number of carbonyl (C=O) groups excluding carboxylic acids is 3. The molecule has 0 unspecified atom stereocenters. The van der Waals surface area contributed by atoms with Gasteiger partial charge in [-0.1, -0.05) is 6.07 Å². The molecule has 0 spiro atoms. The van der Waals surface area contributed by atoms with E-state index in [9.17, 15) is 14.4 Å². The maximum absolute atomic E-state index is 12.3. The number of hydrogen-bond acceptors (Lipinski definition) is 4. The lowest BCUT2D eigenvalue weighted by molar-refractivity contribution is -0.129. The van der Waals surface area contributed by atoms with E-state index in [1.54, 1.807) is 51.5 Å². The number of thiophene rings is 1. The Morgan fingerprint density at radius 2 is 1.71 bits per heavy atom. The van der Waals surface area contributed by atoms with Crippen LogP contribution < -0.4 is 5.32 Å². The Morgan fingerprint density at radius 3 is 2.25 bits per heavy atom. The third-order valence-electron chi connectivity index (χ3n) is 3.35. The van der Waals surface area contributed by atoms with Crippen LogP contribution in [0.4, 0.5) is 5.69 Å². The topological polar surface area (TPSA) is 69.7 Å². The van der Waals surface area contributed by atoms with E-state index in [-0.39, 0.29) is 24.3 Å². The Labute approximate surface area is 144 Å². The van der Waals surface area contributed by atoms with Crippen LogP contribution in [0, 0.1) is 0 Å². The fourth-order valence-corrected chi connectivity index (χ4v) is 2.55. The average molecular weight is 345 g/mol. The zero-order valence-corrected chi connectivity index (χ0v) is 14.6. The largest absolute Gasteiger partial charge is 0.347 e. The summed E-state index contributed by atoms with van der Waals surface area (Å²) in [6.07, 6.45) is 0. The fourth-order valence-electron chi connectivity index (χ4n) is 1.93. The van der Waals surface area contributed by atoms with E-state index in [0.717, 1.165) is 0 Å². The summed E-state index contributed by atoms with van der Waals surface area (Å²) < 4.78 is 0. The van der Waals surface area contributed by atoms with Crippen LogP contribution in [0.2, 0.25) is 0 Å². The fraction of sp³-hybridized carbons (Fsp3) is 0.235. The molecule has 1 N–H and O–H groups in total. The van der Waals surface area contributed by atoms with Crippen molar-refractivity contribution in [3.63, 3.8) is 0 Å². The molecule has 126 valence electrons. The molecule has 0 saturated heterocycles. The van der Waals surface area contributed by atoms with Gasteiger partial charge in [0.2, 0.25) is 5.91 Å². The zero-order chi connectivity index (χ0) is 17.7. The van der Waals surface area contributed by atoms with Gasteiger partial charge in [-0.05, 0) is 35.7 Å². The second kappa shape index (κ2) is 7.74. The van der Waals surface area contributed by atoms with Gasteiger partial charge >= 0.3 is 0 Å². The molecular formula is C17H19N3O3S. The lowest BCUT2D eigenvalue weighted by Crippen LogP contribution is -2.37. The molecule has 2 rings (SSSR count). The van der Waals surface area contributed by atoms with Crippen molar-refractivity contribution in [3.05, 3.63) is 52.2 Å². The van der Waals surface area contributed by atoms with Gasteiger partial charge in [-0.3, -0.25) is 14.4 Å². The summed E-state index contributed by atoms with van der Waals surface area (Å²) in [5.41, 5.74) is 1.06. The maximum atomic E-state index is 12.3. The molecular weight excluding hydrogens is 326 g/mol. The minimum Gasteiger partial charge on any atom is -0.347 e. The number of nitrogens with zero attached hydrogens (tertiary/aromatic N) is 2. The molecule has 6 nitrogen and oxygen atoms in total. The van der Waals surface area contributed by atoms with Crippen LogP contribution in [0.25, 0.3) is 0 Å². The number of anilines is 1. The summed E-state index contributed by atoms with van der Waals surface area (Å²) in [5.74, 6) is -0.579. The van der Waals surface area contributed by atoms with Crippen molar-refractivity contribution in [2.75, 3.05) is 33.0 Å². The summed E-state index contributed by atoms with van der Waals surface area (Å²) in [5, 5.41) is 4.61. The lowest BCUT2D eigenvalue weighted by Gasteiger charge is -2.19. The van der Waals surface area contributed by atoms with Crippen molar-refractivity contribution in [3.8, 4) is 0 Å². The average Bonchev–Trinajstić information content (AvgIpc) is 3.09. The number of hydrogen-bond donors (Lipinski definition) is 1. The predicted molar refractivity (Wildman–Crippen MR) is 94.4 cm³/mol. The maximum Gasteiger partial charge on any atom is 0.265 e. The van der Waals surface area contributed by atoms with Crippen molar-refractivity contribution in [2.45, 2.75) is 0 Å². The highest BCUT2D eigenvalue weighted by atomic mass is 32.1. The van der Waals surface area contributed by atoms with E-state index >= 15 is 0 Å². The van der Waals surface area contributed by atoms with Gasteiger partial charge in [0.25, 0.3) is 11.8 Å². The minimum absolute atomic E-state index is 0.0166. The number of carbonyl (C=O) groups is 3. The third-order valence-corrected chi connectivity index (χ3v) is 4.22. The number of benzene rings is 1. The molecule has 0 radical (unpaired) electrons. The Bertz CT molecular complexity index is 724. The van der Waals surface area contributed by atoms with Crippen LogP contribution in [0.5, 0.6) is 0 Å². The van der Waals surface area contributed by atoms with Gasteiger partial charge in [0, 0.05) is 32.4 Å². The standard InChI is InChI=1S/C17H19N3O3S/c1-19(2)15(21)11-20(3)17(23)12-6-8-13(9-7-12)18-16(22)14-5-4-10-24-14/h4-10H,11H2,1-3H3,(H,18,22). The predicted octanol–water partition coefficient (Wildman–Crippen LogP) is 2.16. The van der Waals surface area contributed by atoms with Gasteiger partial charge in [0.15, 0.2) is 0 Å². The molecule has 1 heterocycles. The highest BCUT2D eigenvalue weighted by molar-refractivity contribution is 7.12. The Balaban J connectivity index is 1.99. The summed E-state index contributed by atoms with van der Waals surface area (Å²) in [6.45, 7) is 0.0166. The number of rotatable bonds is 5. The Kier molecular flexibility index (Phi) is 5.70. The smallest absolute Gasteiger partial charge is 0.265 e. The first-order valence-corrected chi connectivity index (χ1v) is 8.17. The first-order valence-electron chi connectivity index (χ1n) is 7.29. The highest BCUT2D eigenvalue weighted by Gasteiger charge is 2.16. The van der Waals surface area contributed by atoms with Crippen molar-refractivity contribution >= 4 is 34.7 Å². The molecule has 0 aliphatic rings. The van der Waals surface area contributed by atoms with Crippen molar-refractivity contribution in [2.24, 2.45) is 0 Å². The molecule has 2 aromatic rings. The van der Waals surface area contributed by atoms with E-state index in [4.69, 9.17) is 0 Å². The van der Waals surface area contributed by atoms with Gasteiger partial charge < -0.3 is 15.1 Å². The zero-order valence-electron chi connectivity index (χ0n) is 13.8. The Hall–Kier alpha value is -2.67. The second-order valence-electron chi connectivity index (χ2n) is 5.46. The van der Waals surface area contributed by atoms with Crippen LogP contribution in [0.3, 0.4) is 0 Å². The molecule has 3 amide bonds. The summed E-state index contributed by atoms with van der Waals surface area (Å²) in [4.78, 5) is 39.3. The number of amides is 3. The normalized spacial score (nSPS) is 10.1. The van der Waals surface area contributed by atoms with Crippen LogP contribution in [0.15, 0.2) is 41.8 Å². The lowest BCUT2D eigenvalue weighted by atomic mass is 10.2. The van der Waals surface area contributed by atoms with Crippen molar-refractivity contribution < 1.29 is 14.4 Å².